The van der Waals surface area contributed by atoms with Crippen LogP contribution in [0.25, 0.3) is 10.9 Å². The van der Waals surface area contributed by atoms with Gasteiger partial charge in [0.1, 0.15) is 0 Å². The maximum Gasteiger partial charge on any atom is 0.253 e. The summed E-state index contributed by atoms with van der Waals surface area (Å²) in [6.45, 7) is 8.09. The van der Waals surface area contributed by atoms with E-state index >= 15 is 0 Å². The van der Waals surface area contributed by atoms with Crippen molar-refractivity contribution in [3.8, 4) is 0 Å². The van der Waals surface area contributed by atoms with Crippen molar-refractivity contribution in [3.05, 3.63) is 50.8 Å². The fourth-order valence-electron chi connectivity index (χ4n) is 4.36. The van der Waals surface area contributed by atoms with Gasteiger partial charge in [0.25, 0.3) is 5.56 Å². The van der Waals surface area contributed by atoms with Crippen LogP contribution in [-0.2, 0) is 19.4 Å². The highest BCUT2D eigenvalue weighted by molar-refractivity contribution is 7.13. The number of fused-ring (bicyclic) bond motifs is 3. The fraction of sp³-hybridized carbons (Fsp3) is 0.455. The van der Waals surface area contributed by atoms with Gasteiger partial charge in [-0.15, -0.1) is 11.3 Å². The van der Waals surface area contributed by atoms with Crippen LogP contribution in [0.4, 0.5) is 10.8 Å². The van der Waals surface area contributed by atoms with Crippen molar-refractivity contribution < 1.29 is 0 Å². The van der Waals surface area contributed by atoms with E-state index in [0.29, 0.717) is 0 Å². The van der Waals surface area contributed by atoms with E-state index in [9.17, 15) is 4.79 Å². The number of rotatable bonds is 4. The Balaban J connectivity index is 1.29. The number of hydrogen-bond donors (Lipinski definition) is 2. The highest BCUT2D eigenvalue weighted by Gasteiger charge is 2.20. The summed E-state index contributed by atoms with van der Waals surface area (Å²) in [4.78, 5) is 25.2. The van der Waals surface area contributed by atoms with E-state index in [1.165, 1.54) is 11.3 Å². The molecule has 4 heterocycles. The molecule has 0 spiro atoms. The number of aryl methyl sites for hydroxylation is 1. The van der Waals surface area contributed by atoms with Crippen LogP contribution in [0.15, 0.2) is 28.4 Å². The second kappa shape index (κ2) is 7.80. The van der Waals surface area contributed by atoms with E-state index in [-0.39, 0.29) is 5.56 Å². The molecular weight excluding hydrogens is 382 g/mol. The molecule has 2 aliphatic heterocycles. The number of benzene rings is 1. The maximum atomic E-state index is 12.5. The summed E-state index contributed by atoms with van der Waals surface area (Å²) < 4.78 is 0. The predicted octanol–water partition coefficient (Wildman–Crippen LogP) is 3.23. The number of nitrogens with one attached hydrogen (secondary N) is 2. The van der Waals surface area contributed by atoms with Gasteiger partial charge in [-0.1, -0.05) is 19.1 Å². The second-order valence-electron chi connectivity index (χ2n) is 7.96. The zero-order chi connectivity index (χ0) is 19.8. The number of hydrogen-bond acceptors (Lipinski definition) is 6. The summed E-state index contributed by atoms with van der Waals surface area (Å²) in [7, 11) is 0. The summed E-state index contributed by atoms with van der Waals surface area (Å²) in [6.07, 6.45) is 2.88. The molecule has 0 aliphatic carbocycles. The van der Waals surface area contributed by atoms with Crippen molar-refractivity contribution in [2.75, 3.05) is 42.9 Å². The highest BCUT2D eigenvalue weighted by atomic mass is 32.1. The fourth-order valence-corrected chi connectivity index (χ4v) is 5.33. The van der Waals surface area contributed by atoms with Gasteiger partial charge in [0.05, 0.1) is 16.9 Å². The van der Waals surface area contributed by atoms with Gasteiger partial charge in [0.15, 0.2) is 5.13 Å². The van der Waals surface area contributed by atoms with Gasteiger partial charge in [-0.05, 0) is 30.9 Å². The number of nitrogens with zero attached hydrogens (tertiary/aromatic N) is 3. The summed E-state index contributed by atoms with van der Waals surface area (Å²) in [6, 6.07) is 6.52. The molecular formula is C22H27N5OS. The minimum absolute atomic E-state index is 0.0559. The van der Waals surface area contributed by atoms with Gasteiger partial charge in [-0.3, -0.25) is 9.69 Å². The van der Waals surface area contributed by atoms with E-state index in [4.69, 9.17) is 4.98 Å². The van der Waals surface area contributed by atoms with E-state index in [2.05, 4.69) is 50.6 Å². The Labute approximate surface area is 174 Å². The normalized spacial score (nSPS) is 17.3. The molecule has 0 saturated carbocycles. The molecule has 2 N–H and O–H groups in total. The monoisotopic (exact) mass is 409 g/mol. The van der Waals surface area contributed by atoms with Crippen molar-refractivity contribution in [1.29, 1.82) is 0 Å². The molecule has 5 rings (SSSR count). The smallest absolute Gasteiger partial charge is 0.253 e. The van der Waals surface area contributed by atoms with Crippen molar-refractivity contribution >= 4 is 33.1 Å². The van der Waals surface area contributed by atoms with Crippen LogP contribution in [0, 0.1) is 0 Å². The number of H-pyrrole nitrogens is 1. The molecule has 3 aromatic rings. The number of aromatic amines is 1. The average molecular weight is 410 g/mol. The molecule has 0 amide bonds. The van der Waals surface area contributed by atoms with Gasteiger partial charge in [-0.2, -0.15) is 0 Å². The van der Waals surface area contributed by atoms with Crippen molar-refractivity contribution in [3.63, 3.8) is 0 Å². The molecule has 7 heteroatoms. The standard InChI is InChI=1S/C22H27N5OS/c1-2-16-14-29-22(24-16)27-10-8-26(9-11-27)13-15-5-6-17-19(12-15)25-21(28)18-4-3-7-23-20(17)18/h5-6,12,14,23H,2-4,7-11,13H2,1H3,(H,25,28). The molecule has 0 radical (unpaired) electrons. The number of piperazine rings is 1. The highest BCUT2D eigenvalue weighted by Crippen LogP contribution is 2.28. The molecule has 2 aromatic heterocycles. The Kier molecular flexibility index (Phi) is 5.01. The Morgan fingerprint density at radius 2 is 2.07 bits per heavy atom. The zero-order valence-corrected chi connectivity index (χ0v) is 17.6. The van der Waals surface area contributed by atoms with Gasteiger partial charge in [-0.25, -0.2) is 4.98 Å². The summed E-state index contributed by atoms with van der Waals surface area (Å²) in [5, 5.41) is 7.89. The van der Waals surface area contributed by atoms with Crippen LogP contribution in [0.2, 0.25) is 0 Å². The third-order valence-corrected chi connectivity index (χ3v) is 6.98. The van der Waals surface area contributed by atoms with Crippen molar-refractivity contribution in [2.24, 2.45) is 0 Å². The van der Waals surface area contributed by atoms with Gasteiger partial charge in [0.2, 0.25) is 0 Å². The summed E-state index contributed by atoms with van der Waals surface area (Å²) in [5.41, 5.74) is 5.37. The van der Waals surface area contributed by atoms with Crippen LogP contribution in [0.3, 0.4) is 0 Å². The Hall–Kier alpha value is -2.38. The van der Waals surface area contributed by atoms with Crippen LogP contribution in [0.5, 0.6) is 0 Å². The first-order valence-electron chi connectivity index (χ1n) is 10.5. The number of aromatic nitrogens is 2. The minimum Gasteiger partial charge on any atom is -0.384 e. The number of anilines is 2. The van der Waals surface area contributed by atoms with Crippen LogP contribution < -0.4 is 15.8 Å². The quantitative estimate of drug-likeness (QED) is 0.693. The molecule has 6 nitrogen and oxygen atoms in total. The Morgan fingerprint density at radius 3 is 2.86 bits per heavy atom. The third kappa shape index (κ3) is 3.65. The molecule has 0 atom stereocenters. The summed E-state index contributed by atoms with van der Waals surface area (Å²) >= 11 is 1.76. The molecule has 1 saturated heterocycles. The predicted molar refractivity (Wildman–Crippen MR) is 120 cm³/mol. The van der Waals surface area contributed by atoms with Crippen LogP contribution in [-0.4, -0.2) is 47.6 Å². The number of thiazole rings is 1. The first kappa shape index (κ1) is 18.6. The Morgan fingerprint density at radius 1 is 1.21 bits per heavy atom. The molecule has 0 bridgehead atoms. The Bertz CT molecular complexity index is 1080. The third-order valence-electron chi connectivity index (χ3n) is 6.03. The second-order valence-corrected chi connectivity index (χ2v) is 8.79. The molecule has 152 valence electrons. The lowest BCUT2D eigenvalue weighted by Crippen LogP contribution is -2.45. The van der Waals surface area contributed by atoms with E-state index in [0.717, 1.165) is 85.8 Å². The summed E-state index contributed by atoms with van der Waals surface area (Å²) in [5.74, 6) is 0. The zero-order valence-electron chi connectivity index (χ0n) is 16.8. The lowest BCUT2D eigenvalue weighted by atomic mass is 10.0. The van der Waals surface area contributed by atoms with Gasteiger partial charge < -0.3 is 15.2 Å². The lowest BCUT2D eigenvalue weighted by molar-refractivity contribution is 0.250. The molecule has 1 aromatic carbocycles. The molecule has 2 aliphatic rings. The molecule has 29 heavy (non-hydrogen) atoms. The topological polar surface area (TPSA) is 64.3 Å². The minimum atomic E-state index is 0.0559. The van der Waals surface area contributed by atoms with E-state index < -0.39 is 0 Å². The van der Waals surface area contributed by atoms with Crippen LogP contribution in [0.1, 0.15) is 30.2 Å². The van der Waals surface area contributed by atoms with Crippen molar-refractivity contribution in [2.45, 2.75) is 32.7 Å². The van der Waals surface area contributed by atoms with Gasteiger partial charge >= 0.3 is 0 Å². The average Bonchev–Trinajstić information content (AvgIpc) is 3.24. The first-order valence-corrected chi connectivity index (χ1v) is 11.4. The SMILES string of the molecule is CCc1csc(N2CCN(Cc3ccc4c5c(c(=O)[nH]c4c3)CCCN5)CC2)n1. The first-order chi connectivity index (χ1) is 14.2. The van der Waals surface area contributed by atoms with Crippen molar-refractivity contribution in [1.82, 2.24) is 14.9 Å². The number of pyridine rings is 1. The molecule has 0 unspecified atom stereocenters. The largest absolute Gasteiger partial charge is 0.384 e. The maximum absolute atomic E-state index is 12.5. The van der Waals surface area contributed by atoms with Gasteiger partial charge in [0, 0.05) is 55.6 Å². The van der Waals surface area contributed by atoms with Crippen LogP contribution >= 0.6 is 11.3 Å². The van der Waals surface area contributed by atoms with E-state index in [1.807, 2.05) is 0 Å². The molecule has 1 fully saturated rings. The lowest BCUT2D eigenvalue weighted by Gasteiger charge is -2.34. The van der Waals surface area contributed by atoms with E-state index in [1.54, 1.807) is 11.3 Å².